The molecule has 106 valence electrons. The minimum atomic E-state index is -1.23. The highest BCUT2D eigenvalue weighted by molar-refractivity contribution is 5.70. The fraction of sp³-hybridized carbons (Fsp3) is 0.538. The molecular weight excluding hydrogens is 250 g/mol. The van der Waals surface area contributed by atoms with Crippen LogP contribution in [0.5, 0.6) is 5.88 Å². The smallest absolute Gasteiger partial charge is 0.308 e. The van der Waals surface area contributed by atoms with Crippen LogP contribution in [-0.2, 0) is 9.53 Å². The Kier molecular flexibility index (Phi) is 5.72. The number of nitrogens with zero attached hydrogens (tertiary/aromatic N) is 1. The first kappa shape index (κ1) is 15.4. The second-order valence-corrected chi connectivity index (χ2v) is 4.12. The Morgan fingerprint density at radius 3 is 2.68 bits per heavy atom. The summed E-state index contributed by atoms with van der Waals surface area (Å²) >= 11 is 0. The molecule has 2 atom stereocenters. The van der Waals surface area contributed by atoms with Gasteiger partial charge < -0.3 is 19.7 Å². The summed E-state index contributed by atoms with van der Waals surface area (Å²) in [5.74, 6) is -0.0944. The van der Waals surface area contributed by atoms with Gasteiger partial charge in [0.15, 0.2) is 0 Å². The van der Waals surface area contributed by atoms with Gasteiger partial charge in [-0.3, -0.25) is 4.79 Å². The van der Waals surface area contributed by atoms with E-state index in [-0.39, 0.29) is 13.0 Å². The highest BCUT2D eigenvalue weighted by Crippen LogP contribution is 2.23. The number of methoxy groups -OCH3 is 1. The molecule has 0 spiro atoms. The Morgan fingerprint density at radius 2 is 2.16 bits per heavy atom. The summed E-state index contributed by atoms with van der Waals surface area (Å²) in [4.78, 5) is 15.2. The van der Waals surface area contributed by atoms with E-state index in [9.17, 15) is 15.0 Å². The molecule has 0 aliphatic rings. The van der Waals surface area contributed by atoms with Gasteiger partial charge >= 0.3 is 5.97 Å². The quantitative estimate of drug-likeness (QED) is 0.741. The fourth-order valence-corrected chi connectivity index (χ4v) is 1.68. The molecule has 1 aromatic heterocycles. The van der Waals surface area contributed by atoms with Crippen molar-refractivity contribution in [1.29, 1.82) is 0 Å². The standard InChI is InChI=1S/C13H19NO5/c1-4-19-11(16)6-10(15)12(17)9-5-8(2)13(18-3)14-7-9/h5,7,10,12,15,17H,4,6H2,1-3H3. The fourth-order valence-electron chi connectivity index (χ4n) is 1.68. The second-order valence-electron chi connectivity index (χ2n) is 4.12. The van der Waals surface area contributed by atoms with Crippen molar-refractivity contribution in [2.24, 2.45) is 0 Å². The Balaban J connectivity index is 2.73. The van der Waals surface area contributed by atoms with Crippen LogP contribution in [0.3, 0.4) is 0 Å². The highest BCUT2D eigenvalue weighted by Gasteiger charge is 2.23. The van der Waals surface area contributed by atoms with Crippen LogP contribution in [0.2, 0.25) is 0 Å². The van der Waals surface area contributed by atoms with E-state index in [0.717, 1.165) is 5.56 Å². The van der Waals surface area contributed by atoms with E-state index >= 15 is 0 Å². The maximum atomic E-state index is 11.2. The van der Waals surface area contributed by atoms with Crippen LogP contribution in [0, 0.1) is 6.92 Å². The first-order valence-electron chi connectivity index (χ1n) is 6.01. The number of aliphatic hydroxyl groups excluding tert-OH is 2. The molecule has 2 unspecified atom stereocenters. The highest BCUT2D eigenvalue weighted by atomic mass is 16.5. The predicted molar refractivity (Wildman–Crippen MR) is 67.7 cm³/mol. The molecule has 2 N–H and O–H groups in total. The normalized spacial score (nSPS) is 13.7. The van der Waals surface area contributed by atoms with Crippen molar-refractivity contribution in [2.45, 2.75) is 32.5 Å². The predicted octanol–water partition coefficient (Wildman–Crippen LogP) is 0.746. The number of ether oxygens (including phenoxy) is 2. The van der Waals surface area contributed by atoms with Gasteiger partial charge in [0.1, 0.15) is 6.10 Å². The van der Waals surface area contributed by atoms with Gasteiger partial charge in [0, 0.05) is 17.3 Å². The lowest BCUT2D eigenvalue weighted by molar-refractivity contribution is -0.147. The van der Waals surface area contributed by atoms with Crippen molar-refractivity contribution in [2.75, 3.05) is 13.7 Å². The molecule has 6 nitrogen and oxygen atoms in total. The zero-order chi connectivity index (χ0) is 14.4. The van der Waals surface area contributed by atoms with Crippen molar-refractivity contribution >= 4 is 5.97 Å². The summed E-state index contributed by atoms with van der Waals surface area (Å²) in [6.45, 7) is 3.70. The van der Waals surface area contributed by atoms with Gasteiger partial charge in [0.25, 0.3) is 0 Å². The van der Waals surface area contributed by atoms with Gasteiger partial charge in [-0.1, -0.05) is 0 Å². The molecule has 0 fully saturated rings. The summed E-state index contributed by atoms with van der Waals surface area (Å²) in [6, 6.07) is 1.66. The SMILES string of the molecule is CCOC(=O)CC(O)C(O)c1cnc(OC)c(C)c1. The molecule has 1 aromatic rings. The Labute approximate surface area is 112 Å². The molecule has 0 saturated carbocycles. The Morgan fingerprint density at radius 1 is 1.47 bits per heavy atom. The average molecular weight is 269 g/mol. The first-order valence-corrected chi connectivity index (χ1v) is 6.01. The number of rotatable bonds is 6. The molecule has 6 heteroatoms. The van der Waals surface area contributed by atoms with Crippen LogP contribution in [0.25, 0.3) is 0 Å². The summed E-state index contributed by atoms with van der Waals surface area (Å²) in [6.07, 6.45) is -1.28. The van der Waals surface area contributed by atoms with E-state index in [1.807, 2.05) is 0 Å². The van der Waals surface area contributed by atoms with Crippen LogP contribution < -0.4 is 4.74 Å². The topological polar surface area (TPSA) is 88.9 Å². The molecule has 1 heterocycles. The molecule has 0 radical (unpaired) electrons. The lowest BCUT2D eigenvalue weighted by Gasteiger charge is -2.18. The van der Waals surface area contributed by atoms with Crippen molar-refractivity contribution in [3.63, 3.8) is 0 Å². The van der Waals surface area contributed by atoms with Crippen LogP contribution in [0.4, 0.5) is 0 Å². The van der Waals surface area contributed by atoms with Crippen molar-refractivity contribution in [3.05, 3.63) is 23.4 Å². The largest absolute Gasteiger partial charge is 0.481 e. The van der Waals surface area contributed by atoms with Crippen LogP contribution in [-0.4, -0.2) is 41.0 Å². The molecule has 1 rings (SSSR count). The molecule has 0 bridgehead atoms. The first-order chi connectivity index (χ1) is 8.99. The van der Waals surface area contributed by atoms with Crippen LogP contribution >= 0.6 is 0 Å². The molecule has 0 aliphatic carbocycles. The zero-order valence-electron chi connectivity index (χ0n) is 11.3. The molecule has 0 aromatic carbocycles. The minimum Gasteiger partial charge on any atom is -0.481 e. The van der Waals surface area contributed by atoms with Gasteiger partial charge in [0.2, 0.25) is 5.88 Å². The van der Waals surface area contributed by atoms with E-state index < -0.39 is 18.2 Å². The zero-order valence-corrected chi connectivity index (χ0v) is 11.3. The summed E-state index contributed by atoms with van der Waals surface area (Å²) < 4.78 is 9.72. The second kappa shape index (κ2) is 7.06. The van der Waals surface area contributed by atoms with Crippen LogP contribution in [0.15, 0.2) is 12.3 Å². The monoisotopic (exact) mass is 269 g/mol. The van der Waals surface area contributed by atoms with E-state index in [4.69, 9.17) is 9.47 Å². The van der Waals surface area contributed by atoms with Crippen molar-refractivity contribution < 1.29 is 24.5 Å². The average Bonchev–Trinajstić information content (AvgIpc) is 2.37. The third-order valence-electron chi connectivity index (χ3n) is 2.63. The van der Waals surface area contributed by atoms with E-state index in [2.05, 4.69) is 4.98 Å². The van der Waals surface area contributed by atoms with Crippen LogP contribution in [0.1, 0.15) is 30.6 Å². The number of aliphatic hydroxyl groups is 2. The summed E-state index contributed by atoms with van der Waals surface area (Å²) in [7, 11) is 1.50. The van der Waals surface area contributed by atoms with Gasteiger partial charge in [-0.05, 0) is 19.9 Å². The van der Waals surface area contributed by atoms with Crippen molar-refractivity contribution in [3.8, 4) is 5.88 Å². The van der Waals surface area contributed by atoms with Gasteiger partial charge in [0.05, 0.1) is 26.2 Å². The molecule has 0 saturated heterocycles. The number of carbonyl (C=O) groups is 1. The molecule has 0 aliphatic heterocycles. The van der Waals surface area contributed by atoms with Gasteiger partial charge in [-0.15, -0.1) is 0 Å². The van der Waals surface area contributed by atoms with E-state index in [1.165, 1.54) is 13.3 Å². The number of pyridine rings is 1. The third kappa shape index (κ3) is 4.18. The number of hydrogen-bond acceptors (Lipinski definition) is 6. The third-order valence-corrected chi connectivity index (χ3v) is 2.63. The minimum absolute atomic E-state index is 0.241. The summed E-state index contributed by atoms with van der Waals surface area (Å²) in [5, 5.41) is 19.7. The maximum absolute atomic E-state index is 11.2. The number of aryl methyl sites for hydroxylation is 1. The number of hydrogen-bond donors (Lipinski definition) is 2. The summed E-state index contributed by atoms with van der Waals surface area (Å²) in [5.41, 5.74) is 1.16. The van der Waals surface area contributed by atoms with Gasteiger partial charge in [-0.25, -0.2) is 4.98 Å². The Bertz CT molecular complexity index is 435. The maximum Gasteiger partial charge on any atom is 0.308 e. The lowest BCUT2D eigenvalue weighted by Crippen LogP contribution is -2.23. The lowest BCUT2D eigenvalue weighted by atomic mass is 10.0. The number of esters is 1. The number of aromatic nitrogens is 1. The van der Waals surface area contributed by atoms with E-state index in [0.29, 0.717) is 11.4 Å². The molecule has 19 heavy (non-hydrogen) atoms. The van der Waals surface area contributed by atoms with E-state index in [1.54, 1.807) is 19.9 Å². The molecular formula is C13H19NO5. The number of carbonyl (C=O) groups excluding carboxylic acids is 1. The van der Waals surface area contributed by atoms with Crippen molar-refractivity contribution in [1.82, 2.24) is 4.98 Å². The molecule has 0 amide bonds. The Hall–Kier alpha value is -1.66. The van der Waals surface area contributed by atoms with Gasteiger partial charge in [-0.2, -0.15) is 0 Å².